The lowest BCUT2D eigenvalue weighted by atomic mass is 9.76. The predicted molar refractivity (Wildman–Crippen MR) is 77.9 cm³/mol. The highest BCUT2D eigenvalue weighted by atomic mass is 16.1. The standard InChI is InChI=1S/C16H24N2O/c1-16(8-3-2-4-9-16)12-18-11-13-6-5-7-14(10-13)15(17)19/h5-7,10,18H,2-4,8-9,11-12H2,1H3,(H2,17,19). The van der Waals surface area contributed by atoms with E-state index in [1.54, 1.807) is 6.07 Å². The number of benzene rings is 1. The summed E-state index contributed by atoms with van der Waals surface area (Å²) in [5.41, 5.74) is 7.44. The van der Waals surface area contributed by atoms with Crippen molar-refractivity contribution in [3.8, 4) is 0 Å². The van der Waals surface area contributed by atoms with E-state index in [0.717, 1.165) is 18.7 Å². The molecule has 1 saturated carbocycles. The van der Waals surface area contributed by atoms with E-state index in [0.29, 0.717) is 11.0 Å². The van der Waals surface area contributed by atoms with Crippen molar-refractivity contribution in [2.24, 2.45) is 11.1 Å². The monoisotopic (exact) mass is 260 g/mol. The number of hydrogen-bond donors (Lipinski definition) is 2. The molecule has 104 valence electrons. The fraction of sp³-hybridized carbons (Fsp3) is 0.562. The summed E-state index contributed by atoms with van der Waals surface area (Å²) in [6.45, 7) is 4.23. The van der Waals surface area contributed by atoms with Crippen LogP contribution in [0.25, 0.3) is 0 Å². The highest BCUT2D eigenvalue weighted by Crippen LogP contribution is 2.34. The van der Waals surface area contributed by atoms with Gasteiger partial charge in [0.1, 0.15) is 0 Å². The number of nitrogens with two attached hydrogens (primary N) is 1. The average molecular weight is 260 g/mol. The summed E-state index contributed by atoms with van der Waals surface area (Å²) in [5, 5.41) is 3.53. The fourth-order valence-corrected chi connectivity index (χ4v) is 2.93. The van der Waals surface area contributed by atoms with Crippen molar-refractivity contribution in [3.05, 3.63) is 35.4 Å². The Bertz CT molecular complexity index is 436. The summed E-state index contributed by atoms with van der Waals surface area (Å²) in [7, 11) is 0. The average Bonchev–Trinajstić information content (AvgIpc) is 2.39. The maximum atomic E-state index is 11.1. The number of rotatable bonds is 5. The molecule has 0 heterocycles. The normalized spacial score (nSPS) is 18.2. The zero-order valence-corrected chi connectivity index (χ0v) is 11.7. The van der Waals surface area contributed by atoms with Crippen molar-refractivity contribution in [2.45, 2.75) is 45.6 Å². The largest absolute Gasteiger partial charge is 0.366 e. The number of hydrogen-bond acceptors (Lipinski definition) is 2. The van der Waals surface area contributed by atoms with Gasteiger partial charge in [-0.2, -0.15) is 0 Å². The zero-order chi connectivity index (χ0) is 13.7. The first-order valence-corrected chi connectivity index (χ1v) is 7.19. The molecule has 3 nitrogen and oxygen atoms in total. The van der Waals surface area contributed by atoms with Gasteiger partial charge in [-0.05, 0) is 36.0 Å². The van der Waals surface area contributed by atoms with Crippen molar-refractivity contribution in [3.63, 3.8) is 0 Å². The minimum Gasteiger partial charge on any atom is -0.366 e. The molecule has 3 N–H and O–H groups in total. The molecule has 1 fully saturated rings. The molecule has 3 heteroatoms. The van der Waals surface area contributed by atoms with Gasteiger partial charge in [0.2, 0.25) is 5.91 Å². The highest BCUT2D eigenvalue weighted by Gasteiger charge is 2.25. The van der Waals surface area contributed by atoms with E-state index in [4.69, 9.17) is 5.73 Å². The minimum atomic E-state index is -0.360. The number of nitrogens with one attached hydrogen (secondary N) is 1. The predicted octanol–water partition coefficient (Wildman–Crippen LogP) is 2.85. The van der Waals surface area contributed by atoms with Gasteiger partial charge in [-0.25, -0.2) is 0 Å². The van der Waals surface area contributed by atoms with Crippen molar-refractivity contribution in [1.82, 2.24) is 5.32 Å². The molecule has 0 spiro atoms. The van der Waals surface area contributed by atoms with Gasteiger partial charge in [0.05, 0.1) is 0 Å². The Kier molecular flexibility index (Phi) is 4.59. The number of carbonyl (C=O) groups excluding carboxylic acids is 1. The SMILES string of the molecule is CC1(CNCc2cccc(C(N)=O)c2)CCCCC1. The number of primary amides is 1. The zero-order valence-electron chi connectivity index (χ0n) is 11.7. The molecule has 19 heavy (non-hydrogen) atoms. The first-order chi connectivity index (χ1) is 9.09. The second-order valence-corrected chi connectivity index (χ2v) is 6.04. The molecular formula is C16H24N2O. The van der Waals surface area contributed by atoms with Crippen LogP contribution in [-0.4, -0.2) is 12.5 Å². The van der Waals surface area contributed by atoms with Crippen LogP contribution in [0.4, 0.5) is 0 Å². The smallest absolute Gasteiger partial charge is 0.248 e. The summed E-state index contributed by atoms with van der Waals surface area (Å²) in [6, 6.07) is 7.55. The Morgan fingerprint density at radius 1 is 1.32 bits per heavy atom. The Labute approximate surface area is 115 Å². The molecular weight excluding hydrogens is 236 g/mol. The molecule has 0 saturated heterocycles. The van der Waals surface area contributed by atoms with Crippen LogP contribution < -0.4 is 11.1 Å². The molecule has 1 aromatic carbocycles. The second-order valence-electron chi connectivity index (χ2n) is 6.04. The van der Waals surface area contributed by atoms with E-state index in [1.807, 2.05) is 18.2 Å². The maximum Gasteiger partial charge on any atom is 0.248 e. The molecule has 1 aliphatic rings. The first kappa shape index (κ1) is 14.1. The lowest BCUT2D eigenvalue weighted by molar-refractivity contribution is 0.1000. The van der Waals surface area contributed by atoms with Crippen LogP contribution in [-0.2, 0) is 6.54 Å². The van der Waals surface area contributed by atoms with Crippen molar-refractivity contribution >= 4 is 5.91 Å². The summed E-state index contributed by atoms with van der Waals surface area (Å²) >= 11 is 0. The van der Waals surface area contributed by atoms with Crippen LogP contribution in [0.15, 0.2) is 24.3 Å². The summed E-state index contributed by atoms with van der Waals surface area (Å²) in [4.78, 5) is 11.1. The molecule has 1 aromatic rings. The van der Waals surface area contributed by atoms with Crippen molar-refractivity contribution < 1.29 is 4.79 Å². The molecule has 0 unspecified atom stereocenters. The van der Waals surface area contributed by atoms with Gasteiger partial charge in [-0.3, -0.25) is 4.79 Å². The maximum absolute atomic E-state index is 11.1. The van der Waals surface area contributed by atoms with Gasteiger partial charge in [0.15, 0.2) is 0 Å². The third kappa shape index (κ3) is 4.06. The van der Waals surface area contributed by atoms with Crippen LogP contribution >= 0.6 is 0 Å². The third-order valence-electron chi connectivity index (χ3n) is 4.15. The van der Waals surface area contributed by atoms with Crippen LogP contribution in [0.3, 0.4) is 0 Å². The molecule has 0 atom stereocenters. The summed E-state index contributed by atoms with van der Waals surface area (Å²) in [5.74, 6) is -0.360. The lowest BCUT2D eigenvalue weighted by Crippen LogP contribution is -2.33. The first-order valence-electron chi connectivity index (χ1n) is 7.19. The molecule has 0 aliphatic heterocycles. The van der Waals surface area contributed by atoms with E-state index < -0.39 is 0 Å². The quantitative estimate of drug-likeness (QED) is 0.855. The van der Waals surface area contributed by atoms with Gasteiger partial charge in [-0.15, -0.1) is 0 Å². The Balaban J connectivity index is 1.85. The molecule has 0 aromatic heterocycles. The van der Waals surface area contributed by atoms with Crippen LogP contribution in [0.1, 0.15) is 54.9 Å². The Morgan fingerprint density at radius 3 is 2.74 bits per heavy atom. The van der Waals surface area contributed by atoms with Gasteiger partial charge >= 0.3 is 0 Å². The topological polar surface area (TPSA) is 55.1 Å². The Morgan fingerprint density at radius 2 is 2.05 bits per heavy atom. The van der Waals surface area contributed by atoms with Gasteiger partial charge in [0.25, 0.3) is 0 Å². The van der Waals surface area contributed by atoms with E-state index in [-0.39, 0.29) is 5.91 Å². The third-order valence-corrected chi connectivity index (χ3v) is 4.15. The molecule has 1 amide bonds. The summed E-state index contributed by atoms with van der Waals surface area (Å²) in [6.07, 6.45) is 6.74. The van der Waals surface area contributed by atoms with E-state index in [9.17, 15) is 4.79 Å². The highest BCUT2D eigenvalue weighted by molar-refractivity contribution is 5.92. The van der Waals surface area contributed by atoms with Crippen molar-refractivity contribution in [2.75, 3.05) is 6.54 Å². The number of carbonyl (C=O) groups is 1. The van der Waals surface area contributed by atoms with Crippen LogP contribution in [0, 0.1) is 5.41 Å². The van der Waals surface area contributed by atoms with Gasteiger partial charge < -0.3 is 11.1 Å². The van der Waals surface area contributed by atoms with Crippen LogP contribution in [0.2, 0.25) is 0 Å². The van der Waals surface area contributed by atoms with E-state index in [1.165, 1.54) is 32.1 Å². The second kappa shape index (κ2) is 6.20. The van der Waals surface area contributed by atoms with E-state index in [2.05, 4.69) is 12.2 Å². The lowest BCUT2D eigenvalue weighted by Gasteiger charge is -2.33. The molecule has 0 radical (unpaired) electrons. The molecule has 2 rings (SSSR count). The van der Waals surface area contributed by atoms with Gasteiger partial charge in [0, 0.05) is 18.7 Å². The summed E-state index contributed by atoms with van der Waals surface area (Å²) < 4.78 is 0. The van der Waals surface area contributed by atoms with Crippen molar-refractivity contribution in [1.29, 1.82) is 0 Å². The van der Waals surface area contributed by atoms with Gasteiger partial charge in [-0.1, -0.05) is 38.3 Å². The van der Waals surface area contributed by atoms with Crippen LogP contribution in [0.5, 0.6) is 0 Å². The Hall–Kier alpha value is -1.35. The molecule has 1 aliphatic carbocycles. The fourth-order valence-electron chi connectivity index (χ4n) is 2.93. The number of amides is 1. The van der Waals surface area contributed by atoms with E-state index >= 15 is 0 Å². The minimum absolute atomic E-state index is 0.360. The molecule has 0 bridgehead atoms.